The molecular formula is C21H21N5O. The first-order valence-corrected chi connectivity index (χ1v) is 8.93. The highest BCUT2D eigenvalue weighted by molar-refractivity contribution is 5.56. The maximum Gasteiger partial charge on any atom is 0.274 e. The van der Waals surface area contributed by atoms with E-state index in [4.69, 9.17) is 0 Å². The maximum atomic E-state index is 12.5. The van der Waals surface area contributed by atoms with Gasteiger partial charge in [-0.05, 0) is 18.9 Å². The summed E-state index contributed by atoms with van der Waals surface area (Å²) in [5.41, 5.74) is 3.98. The quantitative estimate of drug-likeness (QED) is 0.710. The third kappa shape index (κ3) is 3.33. The Labute approximate surface area is 157 Å². The van der Waals surface area contributed by atoms with Crippen molar-refractivity contribution >= 4 is 5.78 Å². The number of hydrogen-bond acceptors (Lipinski definition) is 4. The van der Waals surface area contributed by atoms with Gasteiger partial charge >= 0.3 is 0 Å². The van der Waals surface area contributed by atoms with Crippen LogP contribution in [-0.4, -0.2) is 31.0 Å². The van der Waals surface area contributed by atoms with Crippen LogP contribution in [0.2, 0.25) is 0 Å². The fourth-order valence-electron chi connectivity index (χ4n) is 3.32. The number of H-pyrrole nitrogens is 1. The van der Waals surface area contributed by atoms with Gasteiger partial charge in [-0.25, -0.2) is 4.98 Å². The molecule has 1 aliphatic heterocycles. The van der Waals surface area contributed by atoms with Crippen LogP contribution in [0.25, 0.3) is 17.2 Å². The smallest absolute Gasteiger partial charge is 0.274 e. The van der Waals surface area contributed by atoms with Gasteiger partial charge in [0.05, 0.1) is 12.2 Å². The van der Waals surface area contributed by atoms with Crippen molar-refractivity contribution in [3.05, 3.63) is 88.5 Å². The van der Waals surface area contributed by atoms with E-state index in [1.54, 1.807) is 12.1 Å². The lowest BCUT2D eigenvalue weighted by Gasteiger charge is -2.19. The second-order valence-electron chi connectivity index (χ2n) is 6.54. The fraction of sp³-hybridized carbons (Fsp3) is 0.190. The van der Waals surface area contributed by atoms with Crippen LogP contribution in [0.3, 0.4) is 0 Å². The topological polar surface area (TPSA) is 66.3 Å². The Bertz CT molecular complexity index is 1100. The number of hydrogen-bond donors (Lipinski definition) is 1. The van der Waals surface area contributed by atoms with Crippen LogP contribution in [0.1, 0.15) is 19.0 Å². The highest BCUT2D eigenvalue weighted by Crippen LogP contribution is 2.25. The van der Waals surface area contributed by atoms with Gasteiger partial charge in [-0.2, -0.15) is 9.50 Å². The van der Waals surface area contributed by atoms with Gasteiger partial charge in [-0.3, -0.25) is 9.89 Å². The zero-order chi connectivity index (χ0) is 18.8. The van der Waals surface area contributed by atoms with Crippen molar-refractivity contribution in [1.82, 2.24) is 24.5 Å². The van der Waals surface area contributed by atoms with Crippen molar-refractivity contribution in [2.75, 3.05) is 6.54 Å². The van der Waals surface area contributed by atoms with Crippen LogP contribution in [0, 0.1) is 0 Å². The first-order valence-electron chi connectivity index (χ1n) is 8.93. The molecule has 0 spiro atoms. The highest BCUT2D eigenvalue weighted by Gasteiger charge is 2.19. The van der Waals surface area contributed by atoms with E-state index >= 15 is 0 Å². The number of aromatic amines is 1. The average molecular weight is 359 g/mol. The minimum Gasteiger partial charge on any atom is -0.369 e. The molecule has 0 saturated carbocycles. The van der Waals surface area contributed by atoms with Gasteiger partial charge in [-0.1, -0.05) is 55.1 Å². The van der Waals surface area contributed by atoms with E-state index in [0.29, 0.717) is 18.1 Å². The first-order chi connectivity index (χ1) is 13.2. The van der Waals surface area contributed by atoms with Crippen LogP contribution in [0.4, 0.5) is 0 Å². The molecule has 6 heteroatoms. The Hall–Kier alpha value is -3.41. The van der Waals surface area contributed by atoms with Gasteiger partial charge in [-0.15, -0.1) is 0 Å². The van der Waals surface area contributed by atoms with E-state index in [1.165, 1.54) is 15.8 Å². The largest absolute Gasteiger partial charge is 0.369 e. The number of rotatable bonds is 5. The summed E-state index contributed by atoms with van der Waals surface area (Å²) in [6.07, 6.45) is 6.81. The molecule has 0 atom stereocenters. The van der Waals surface area contributed by atoms with Crippen molar-refractivity contribution in [2.24, 2.45) is 0 Å². The second-order valence-corrected chi connectivity index (χ2v) is 6.54. The van der Waals surface area contributed by atoms with Crippen LogP contribution in [0.15, 0.2) is 77.3 Å². The zero-order valence-electron chi connectivity index (χ0n) is 15.2. The molecule has 3 aromatic rings. The van der Waals surface area contributed by atoms with Gasteiger partial charge in [0.1, 0.15) is 0 Å². The number of nitrogens with one attached hydrogen (secondary N) is 1. The highest BCUT2D eigenvalue weighted by atomic mass is 16.1. The number of benzene rings is 1. The molecule has 0 unspecified atom stereocenters. The van der Waals surface area contributed by atoms with E-state index in [2.05, 4.69) is 39.5 Å². The van der Waals surface area contributed by atoms with Gasteiger partial charge in [0.2, 0.25) is 0 Å². The molecule has 1 aliphatic rings. The van der Waals surface area contributed by atoms with Crippen molar-refractivity contribution in [3.63, 3.8) is 0 Å². The second kappa shape index (κ2) is 7.07. The molecule has 1 N–H and O–H groups in total. The van der Waals surface area contributed by atoms with Gasteiger partial charge in [0, 0.05) is 23.9 Å². The predicted octanol–water partition coefficient (Wildman–Crippen LogP) is 3.31. The first kappa shape index (κ1) is 17.0. The van der Waals surface area contributed by atoms with Crippen molar-refractivity contribution in [2.45, 2.75) is 19.9 Å². The van der Waals surface area contributed by atoms with Gasteiger partial charge in [0.15, 0.2) is 5.82 Å². The molecule has 0 saturated heterocycles. The Balaban J connectivity index is 1.64. The molecule has 136 valence electrons. The molecule has 2 aromatic heterocycles. The van der Waals surface area contributed by atoms with Crippen molar-refractivity contribution in [1.29, 1.82) is 0 Å². The number of fused-ring (bicyclic) bond motifs is 1. The number of allylic oxidation sites excluding steroid dienone is 4. The van der Waals surface area contributed by atoms with Crippen LogP contribution >= 0.6 is 0 Å². The maximum absolute atomic E-state index is 12.5. The third-order valence-electron chi connectivity index (χ3n) is 4.81. The monoisotopic (exact) mass is 359 g/mol. The Morgan fingerprint density at radius 2 is 2.07 bits per heavy atom. The van der Waals surface area contributed by atoms with E-state index in [0.717, 1.165) is 24.2 Å². The van der Waals surface area contributed by atoms with Crippen LogP contribution in [-0.2, 0) is 6.54 Å². The molecule has 0 radical (unpaired) electrons. The van der Waals surface area contributed by atoms with E-state index in [-0.39, 0.29) is 5.56 Å². The molecule has 3 heterocycles. The summed E-state index contributed by atoms with van der Waals surface area (Å²) in [5.74, 6) is 1.02. The average Bonchev–Trinajstić information content (AvgIpc) is 3.26. The van der Waals surface area contributed by atoms with E-state index in [9.17, 15) is 4.79 Å². The normalized spacial score (nSPS) is 14.6. The molecule has 0 bridgehead atoms. The van der Waals surface area contributed by atoms with Gasteiger partial charge in [0.25, 0.3) is 11.3 Å². The summed E-state index contributed by atoms with van der Waals surface area (Å²) < 4.78 is 1.39. The SMILES string of the molecule is C=C/C=C\C1=C(C)N(Cc2cc(=O)n3[nH]c(-c4ccccc4)nc3n2)CC1. The molecule has 4 rings (SSSR count). The van der Waals surface area contributed by atoms with E-state index < -0.39 is 0 Å². The summed E-state index contributed by atoms with van der Waals surface area (Å²) in [4.78, 5) is 23.8. The molecule has 0 fully saturated rings. The molecule has 0 aliphatic carbocycles. The summed E-state index contributed by atoms with van der Waals surface area (Å²) in [7, 11) is 0. The third-order valence-corrected chi connectivity index (χ3v) is 4.81. The molecule has 27 heavy (non-hydrogen) atoms. The minimum absolute atomic E-state index is 0.155. The fourth-order valence-corrected chi connectivity index (χ4v) is 3.32. The Morgan fingerprint density at radius 1 is 1.26 bits per heavy atom. The van der Waals surface area contributed by atoms with Crippen molar-refractivity contribution < 1.29 is 0 Å². The molecular weight excluding hydrogens is 338 g/mol. The number of aromatic nitrogens is 4. The van der Waals surface area contributed by atoms with Gasteiger partial charge < -0.3 is 4.90 Å². The summed E-state index contributed by atoms with van der Waals surface area (Å²) in [6.45, 7) is 7.33. The Kier molecular flexibility index (Phi) is 4.46. The lowest BCUT2D eigenvalue weighted by atomic mass is 10.2. The van der Waals surface area contributed by atoms with Crippen LogP contribution < -0.4 is 5.56 Å². The molecule has 6 nitrogen and oxygen atoms in total. The van der Waals surface area contributed by atoms with Crippen molar-refractivity contribution in [3.8, 4) is 11.4 Å². The standard InChI is InChI=1S/C21H21N5O/c1-3-4-8-16-11-12-25(15(16)2)14-18-13-19(27)26-21(22-18)23-20(24-26)17-9-6-5-7-10-17/h3-10,13H,1,11-12,14H2,2H3,(H,22,23,24)/b8-4-. The van der Waals surface area contributed by atoms with Crippen LogP contribution in [0.5, 0.6) is 0 Å². The summed E-state index contributed by atoms with van der Waals surface area (Å²) in [5, 5.41) is 3.03. The number of nitrogens with zero attached hydrogens (tertiary/aromatic N) is 4. The van der Waals surface area contributed by atoms with E-state index in [1.807, 2.05) is 36.4 Å². The lowest BCUT2D eigenvalue weighted by Crippen LogP contribution is -2.22. The predicted molar refractivity (Wildman–Crippen MR) is 106 cm³/mol. The minimum atomic E-state index is -0.155. The Morgan fingerprint density at radius 3 is 2.85 bits per heavy atom. The zero-order valence-corrected chi connectivity index (χ0v) is 15.2. The molecule has 0 amide bonds. The lowest BCUT2D eigenvalue weighted by molar-refractivity contribution is 0.365. The summed E-state index contributed by atoms with van der Waals surface area (Å²) in [6, 6.07) is 11.3. The summed E-state index contributed by atoms with van der Waals surface area (Å²) >= 11 is 0. The molecule has 1 aromatic carbocycles.